The summed E-state index contributed by atoms with van der Waals surface area (Å²) >= 11 is 2.16. The maximum Gasteiger partial charge on any atom is 0.332 e. The van der Waals surface area contributed by atoms with Crippen molar-refractivity contribution in [2.24, 2.45) is 0 Å². The number of benzene rings is 1. The standard InChI is InChI=1S/C9H7IN2O2/c10-6-2-1-3-7(4-6)12-5-8(13)11-9(12)14/h1-5,13H,(H,11,14). The van der Waals surface area contributed by atoms with Crippen molar-refractivity contribution in [3.05, 3.63) is 44.5 Å². The highest BCUT2D eigenvalue weighted by Crippen LogP contribution is 2.12. The Morgan fingerprint density at radius 1 is 1.43 bits per heavy atom. The molecule has 0 spiro atoms. The lowest BCUT2D eigenvalue weighted by Gasteiger charge is -1.99. The highest BCUT2D eigenvalue weighted by molar-refractivity contribution is 14.1. The van der Waals surface area contributed by atoms with Gasteiger partial charge in [0.1, 0.15) is 0 Å². The number of halogens is 1. The largest absolute Gasteiger partial charge is 0.493 e. The van der Waals surface area contributed by atoms with Gasteiger partial charge < -0.3 is 5.11 Å². The minimum Gasteiger partial charge on any atom is -0.493 e. The first-order chi connectivity index (χ1) is 6.66. The Labute approximate surface area is 93.3 Å². The normalized spacial score (nSPS) is 10.4. The molecular weight excluding hydrogens is 295 g/mol. The molecule has 2 N–H and O–H groups in total. The number of hydrogen-bond donors (Lipinski definition) is 2. The van der Waals surface area contributed by atoms with Gasteiger partial charge in [0.25, 0.3) is 0 Å². The Morgan fingerprint density at radius 2 is 2.21 bits per heavy atom. The van der Waals surface area contributed by atoms with Crippen LogP contribution in [0.3, 0.4) is 0 Å². The first kappa shape index (κ1) is 9.32. The van der Waals surface area contributed by atoms with Crippen LogP contribution in [0.25, 0.3) is 5.69 Å². The smallest absolute Gasteiger partial charge is 0.332 e. The Bertz CT molecular complexity index is 516. The predicted octanol–water partition coefficient (Wildman–Crippen LogP) is 1.48. The van der Waals surface area contributed by atoms with Gasteiger partial charge in [0, 0.05) is 3.57 Å². The molecule has 0 fully saturated rings. The molecule has 72 valence electrons. The number of rotatable bonds is 1. The first-order valence-electron chi connectivity index (χ1n) is 3.93. The van der Waals surface area contributed by atoms with E-state index in [1.165, 1.54) is 10.8 Å². The van der Waals surface area contributed by atoms with E-state index < -0.39 is 0 Å². The van der Waals surface area contributed by atoms with Gasteiger partial charge >= 0.3 is 5.69 Å². The third-order valence-corrected chi connectivity index (χ3v) is 2.46. The monoisotopic (exact) mass is 302 g/mol. The molecule has 1 heterocycles. The molecule has 4 nitrogen and oxygen atoms in total. The number of aromatic hydroxyl groups is 1. The van der Waals surface area contributed by atoms with Gasteiger partial charge in [-0.05, 0) is 40.8 Å². The van der Waals surface area contributed by atoms with E-state index in [-0.39, 0.29) is 11.6 Å². The molecule has 0 saturated carbocycles. The van der Waals surface area contributed by atoms with Gasteiger partial charge in [0.15, 0.2) is 0 Å². The van der Waals surface area contributed by atoms with Crippen LogP contribution in [-0.2, 0) is 0 Å². The lowest BCUT2D eigenvalue weighted by molar-refractivity contribution is 0.455. The van der Waals surface area contributed by atoms with Crippen LogP contribution in [-0.4, -0.2) is 14.7 Å². The topological polar surface area (TPSA) is 58.0 Å². The molecule has 2 aromatic rings. The third-order valence-electron chi connectivity index (χ3n) is 1.79. The Hall–Kier alpha value is -1.24. The van der Waals surface area contributed by atoms with Crippen LogP contribution < -0.4 is 5.69 Å². The van der Waals surface area contributed by atoms with Crippen LogP contribution in [0.2, 0.25) is 0 Å². The van der Waals surface area contributed by atoms with Gasteiger partial charge in [0.05, 0.1) is 11.9 Å². The fraction of sp³-hybridized carbons (Fsp3) is 0. The minimum absolute atomic E-state index is 0.131. The maximum atomic E-state index is 11.3. The summed E-state index contributed by atoms with van der Waals surface area (Å²) in [6.45, 7) is 0. The molecule has 5 heteroatoms. The molecule has 0 radical (unpaired) electrons. The minimum atomic E-state index is -0.343. The summed E-state index contributed by atoms with van der Waals surface area (Å²) in [7, 11) is 0. The second-order valence-corrected chi connectivity index (χ2v) is 4.04. The molecule has 1 aromatic carbocycles. The van der Waals surface area contributed by atoms with Gasteiger partial charge in [-0.3, -0.25) is 9.55 Å². The molecule has 0 aliphatic heterocycles. The number of nitrogens with zero attached hydrogens (tertiary/aromatic N) is 1. The number of hydrogen-bond acceptors (Lipinski definition) is 2. The number of nitrogens with one attached hydrogen (secondary N) is 1. The van der Waals surface area contributed by atoms with Crippen LogP contribution in [0.1, 0.15) is 0 Å². The van der Waals surface area contributed by atoms with E-state index in [9.17, 15) is 4.79 Å². The molecule has 14 heavy (non-hydrogen) atoms. The average molecular weight is 302 g/mol. The molecule has 0 amide bonds. The first-order valence-corrected chi connectivity index (χ1v) is 5.01. The maximum absolute atomic E-state index is 11.3. The SMILES string of the molecule is O=c1[nH]c(O)cn1-c1cccc(I)c1. The van der Waals surface area contributed by atoms with Crippen molar-refractivity contribution in [2.45, 2.75) is 0 Å². The Balaban J connectivity index is 2.60. The van der Waals surface area contributed by atoms with E-state index in [0.29, 0.717) is 0 Å². The average Bonchev–Trinajstić information content (AvgIpc) is 2.45. The van der Waals surface area contributed by atoms with Crippen LogP contribution in [0.5, 0.6) is 5.88 Å². The Morgan fingerprint density at radius 3 is 2.79 bits per heavy atom. The number of H-pyrrole nitrogens is 1. The fourth-order valence-corrected chi connectivity index (χ4v) is 1.73. The summed E-state index contributed by atoms with van der Waals surface area (Å²) in [6, 6.07) is 7.45. The van der Waals surface area contributed by atoms with E-state index in [2.05, 4.69) is 27.6 Å². The van der Waals surface area contributed by atoms with E-state index >= 15 is 0 Å². The summed E-state index contributed by atoms with van der Waals surface area (Å²) in [5.74, 6) is -0.131. The molecule has 1 aromatic heterocycles. The zero-order chi connectivity index (χ0) is 10.1. The summed E-state index contributed by atoms with van der Waals surface area (Å²) in [6.07, 6.45) is 1.35. The zero-order valence-electron chi connectivity index (χ0n) is 7.07. The number of imidazole rings is 1. The van der Waals surface area contributed by atoms with Crippen molar-refractivity contribution in [1.29, 1.82) is 0 Å². The van der Waals surface area contributed by atoms with Crippen LogP contribution >= 0.6 is 22.6 Å². The lowest BCUT2D eigenvalue weighted by atomic mass is 10.3. The van der Waals surface area contributed by atoms with Crippen molar-refractivity contribution < 1.29 is 5.11 Å². The number of aromatic amines is 1. The van der Waals surface area contributed by atoms with Gasteiger partial charge in [-0.1, -0.05) is 6.07 Å². The summed E-state index contributed by atoms with van der Waals surface area (Å²) in [5, 5.41) is 9.09. The van der Waals surface area contributed by atoms with Gasteiger partial charge in [0.2, 0.25) is 5.88 Å². The van der Waals surface area contributed by atoms with Crippen molar-refractivity contribution in [2.75, 3.05) is 0 Å². The fourth-order valence-electron chi connectivity index (χ4n) is 1.20. The zero-order valence-corrected chi connectivity index (χ0v) is 9.22. The van der Waals surface area contributed by atoms with Crippen LogP contribution in [0.4, 0.5) is 0 Å². The van der Waals surface area contributed by atoms with E-state index in [1.54, 1.807) is 6.07 Å². The van der Waals surface area contributed by atoms with Gasteiger partial charge in [-0.2, -0.15) is 0 Å². The summed E-state index contributed by atoms with van der Waals surface area (Å²) < 4.78 is 2.39. The van der Waals surface area contributed by atoms with Crippen LogP contribution in [0.15, 0.2) is 35.3 Å². The van der Waals surface area contributed by atoms with Crippen molar-refractivity contribution >= 4 is 22.6 Å². The van der Waals surface area contributed by atoms with Crippen molar-refractivity contribution in [3.8, 4) is 11.6 Å². The molecule has 0 saturated heterocycles. The summed E-state index contributed by atoms with van der Waals surface area (Å²) in [5.41, 5.74) is 0.392. The summed E-state index contributed by atoms with van der Waals surface area (Å²) in [4.78, 5) is 13.6. The molecule has 0 aliphatic rings. The third kappa shape index (κ3) is 1.67. The van der Waals surface area contributed by atoms with E-state index in [4.69, 9.17) is 5.11 Å². The highest BCUT2D eigenvalue weighted by atomic mass is 127. The molecular formula is C9H7IN2O2. The quantitative estimate of drug-likeness (QED) is 0.784. The predicted molar refractivity (Wildman–Crippen MR) is 60.8 cm³/mol. The second kappa shape index (κ2) is 3.49. The lowest BCUT2D eigenvalue weighted by Crippen LogP contribution is -2.13. The van der Waals surface area contributed by atoms with Gasteiger partial charge in [-0.25, -0.2) is 4.79 Å². The van der Waals surface area contributed by atoms with Crippen molar-refractivity contribution in [1.82, 2.24) is 9.55 Å². The Kier molecular flexibility index (Phi) is 2.32. The van der Waals surface area contributed by atoms with Crippen molar-refractivity contribution in [3.63, 3.8) is 0 Å². The van der Waals surface area contributed by atoms with Gasteiger partial charge in [-0.15, -0.1) is 0 Å². The van der Waals surface area contributed by atoms with E-state index in [0.717, 1.165) is 9.26 Å². The highest BCUT2D eigenvalue weighted by Gasteiger charge is 2.03. The number of aromatic nitrogens is 2. The molecule has 0 bridgehead atoms. The second-order valence-electron chi connectivity index (χ2n) is 2.79. The van der Waals surface area contributed by atoms with E-state index in [1.807, 2.05) is 18.2 Å². The molecule has 0 unspecified atom stereocenters. The van der Waals surface area contributed by atoms with Crippen LogP contribution in [0, 0.1) is 3.57 Å². The molecule has 0 aliphatic carbocycles. The molecule has 0 atom stereocenters. The molecule has 2 rings (SSSR count).